The highest BCUT2D eigenvalue weighted by molar-refractivity contribution is 8.26. The van der Waals surface area contributed by atoms with Crippen LogP contribution in [0.1, 0.15) is 97.4 Å². The Hall–Kier alpha value is -1.54. The van der Waals surface area contributed by atoms with E-state index in [1.165, 1.54) is 39.1 Å². The molecule has 0 aromatic carbocycles. The number of amides is 1. The van der Waals surface area contributed by atoms with Gasteiger partial charge in [0, 0.05) is 29.5 Å². The molecule has 176 valence electrons. The molecular formula is C24H37N5OS2. The Bertz CT molecular complexity index is 898. The molecular weight excluding hydrogens is 438 g/mol. The first-order valence-corrected chi connectivity index (χ1v) is 13.5. The van der Waals surface area contributed by atoms with Gasteiger partial charge in [-0.25, -0.2) is 0 Å². The van der Waals surface area contributed by atoms with E-state index in [9.17, 15) is 4.79 Å². The van der Waals surface area contributed by atoms with Gasteiger partial charge >= 0.3 is 0 Å². The van der Waals surface area contributed by atoms with E-state index in [1.54, 1.807) is 0 Å². The Morgan fingerprint density at radius 3 is 2.62 bits per heavy atom. The van der Waals surface area contributed by atoms with Crippen LogP contribution < -0.4 is 5.32 Å². The minimum atomic E-state index is -0.0656. The third-order valence-electron chi connectivity index (χ3n) is 6.09. The van der Waals surface area contributed by atoms with Gasteiger partial charge in [0.15, 0.2) is 0 Å². The third kappa shape index (κ3) is 6.73. The number of rotatable bonds is 6. The van der Waals surface area contributed by atoms with Crippen LogP contribution in [-0.4, -0.2) is 32.2 Å². The fourth-order valence-corrected chi connectivity index (χ4v) is 6.24. The second kappa shape index (κ2) is 11.5. The van der Waals surface area contributed by atoms with Crippen molar-refractivity contribution in [3.8, 4) is 0 Å². The molecule has 0 bridgehead atoms. The number of nitrogens with zero attached hydrogens (tertiary/aromatic N) is 4. The number of nitrogens with one attached hydrogen (secondary N) is 1. The van der Waals surface area contributed by atoms with Gasteiger partial charge in [-0.1, -0.05) is 55.9 Å². The molecule has 3 atom stereocenters. The van der Waals surface area contributed by atoms with Crippen LogP contribution in [-0.2, 0) is 4.79 Å². The van der Waals surface area contributed by atoms with Gasteiger partial charge in [0.1, 0.15) is 5.01 Å². The molecule has 1 amide bonds. The molecule has 1 saturated carbocycles. The number of aliphatic imine (C=N–C) groups is 2. The number of hydrogen-bond acceptors (Lipinski definition) is 7. The highest BCUT2D eigenvalue weighted by Crippen LogP contribution is 2.41. The molecule has 0 saturated heterocycles. The minimum Gasteiger partial charge on any atom is -0.300 e. The normalized spacial score (nSPS) is 25.4. The second-order valence-electron chi connectivity index (χ2n) is 9.41. The smallest absolute Gasteiger partial charge is 0.228 e. The van der Waals surface area contributed by atoms with E-state index in [4.69, 9.17) is 9.98 Å². The van der Waals surface area contributed by atoms with Gasteiger partial charge in [-0.2, -0.15) is 0 Å². The molecule has 0 spiro atoms. The van der Waals surface area contributed by atoms with Gasteiger partial charge in [-0.05, 0) is 59.3 Å². The fraction of sp³-hybridized carbons (Fsp3) is 0.708. The summed E-state index contributed by atoms with van der Waals surface area (Å²) in [5.74, 6) is 0.743. The highest BCUT2D eigenvalue weighted by atomic mass is 32.2. The van der Waals surface area contributed by atoms with Gasteiger partial charge < -0.3 is 5.32 Å². The number of allylic oxidation sites excluding steroid dienone is 2. The van der Waals surface area contributed by atoms with Gasteiger partial charge in [0.2, 0.25) is 11.0 Å². The molecule has 1 aliphatic carbocycles. The van der Waals surface area contributed by atoms with Crippen molar-refractivity contribution >= 4 is 44.2 Å². The Labute approximate surface area is 200 Å². The summed E-state index contributed by atoms with van der Waals surface area (Å²) in [6, 6.07) is 0.335. The van der Waals surface area contributed by atoms with E-state index in [0.29, 0.717) is 23.0 Å². The standard InChI is InChI=1S/C24H37N5OS2/c1-7-19(14(2)3)26-20-12-11-16(6)25-22(31-20)17-9-8-10-18(13-17)23-28-29-24(32-23)27-21(30)15(4)5/h15-18H,7-13H2,1-6H3,(H,27,29,30). The summed E-state index contributed by atoms with van der Waals surface area (Å²) in [5.41, 5.74) is 2.50. The Balaban J connectivity index is 1.73. The fourth-order valence-electron chi connectivity index (χ4n) is 4.11. The van der Waals surface area contributed by atoms with Gasteiger partial charge in [-0.3, -0.25) is 14.8 Å². The zero-order valence-corrected chi connectivity index (χ0v) is 21.9. The zero-order valence-electron chi connectivity index (χ0n) is 20.3. The van der Waals surface area contributed by atoms with Crippen molar-refractivity contribution in [1.82, 2.24) is 10.2 Å². The highest BCUT2D eigenvalue weighted by Gasteiger charge is 2.31. The van der Waals surface area contributed by atoms with E-state index in [-0.39, 0.29) is 11.8 Å². The largest absolute Gasteiger partial charge is 0.300 e. The molecule has 1 fully saturated rings. The number of carbonyl (C=O) groups excluding carboxylic acids is 1. The predicted molar refractivity (Wildman–Crippen MR) is 138 cm³/mol. The molecule has 1 aromatic rings. The lowest BCUT2D eigenvalue weighted by atomic mass is 9.82. The first kappa shape index (κ1) is 25.1. The minimum absolute atomic E-state index is 0.0120. The summed E-state index contributed by atoms with van der Waals surface area (Å²) in [6.45, 7) is 12.5. The van der Waals surface area contributed by atoms with E-state index in [0.717, 1.165) is 43.5 Å². The molecule has 0 radical (unpaired) electrons. The SMILES string of the molecule is CCC(N=C1CCC(C)N=C(C2CCCC(c3nnc(NC(=O)C(C)C)s3)C2)S1)=C(C)C. The summed E-state index contributed by atoms with van der Waals surface area (Å²) in [5, 5.41) is 15.6. The molecule has 3 rings (SSSR count). The summed E-state index contributed by atoms with van der Waals surface area (Å²) in [4.78, 5) is 22.1. The number of aromatic nitrogens is 2. The quantitative estimate of drug-likeness (QED) is 0.489. The van der Waals surface area contributed by atoms with E-state index in [1.807, 2.05) is 25.6 Å². The van der Waals surface area contributed by atoms with Gasteiger partial charge in [0.25, 0.3) is 0 Å². The molecule has 6 nitrogen and oxygen atoms in total. The molecule has 1 aromatic heterocycles. The van der Waals surface area contributed by atoms with Gasteiger partial charge in [-0.15, -0.1) is 10.2 Å². The molecule has 1 N–H and O–H groups in total. The Morgan fingerprint density at radius 2 is 1.94 bits per heavy atom. The van der Waals surface area contributed by atoms with Crippen molar-refractivity contribution in [1.29, 1.82) is 0 Å². The molecule has 32 heavy (non-hydrogen) atoms. The van der Waals surface area contributed by atoms with Crippen LogP contribution in [0, 0.1) is 11.8 Å². The van der Waals surface area contributed by atoms with Crippen molar-refractivity contribution in [2.24, 2.45) is 21.8 Å². The van der Waals surface area contributed by atoms with Crippen LogP contribution in [0.25, 0.3) is 0 Å². The summed E-state index contributed by atoms with van der Waals surface area (Å²) >= 11 is 3.34. The maximum absolute atomic E-state index is 12.0. The first-order valence-electron chi connectivity index (χ1n) is 11.9. The molecule has 1 aliphatic heterocycles. The average molecular weight is 476 g/mol. The summed E-state index contributed by atoms with van der Waals surface area (Å²) in [6.07, 6.45) is 7.52. The van der Waals surface area contributed by atoms with Crippen molar-refractivity contribution in [2.75, 3.05) is 5.32 Å². The maximum Gasteiger partial charge on any atom is 0.228 e. The molecule has 3 unspecified atom stereocenters. The Kier molecular flexibility index (Phi) is 9.05. The van der Waals surface area contributed by atoms with Crippen molar-refractivity contribution < 1.29 is 4.79 Å². The van der Waals surface area contributed by atoms with Crippen LogP contribution in [0.5, 0.6) is 0 Å². The summed E-state index contributed by atoms with van der Waals surface area (Å²) < 4.78 is 0. The monoisotopic (exact) mass is 475 g/mol. The second-order valence-corrected chi connectivity index (χ2v) is 11.5. The predicted octanol–water partition coefficient (Wildman–Crippen LogP) is 6.82. The number of carbonyl (C=O) groups is 1. The average Bonchev–Trinajstić information content (AvgIpc) is 3.14. The van der Waals surface area contributed by atoms with Crippen molar-refractivity contribution in [2.45, 2.75) is 98.4 Å². The van der Waals surface area contributed by atoms with Crippen molar-refractivity contribution in [3.05, 3.63) is 16.3 Å². The van der Waals surface area contributed by atoms with Crippen LogP contribution in [0.2, 0.25) is 0 Å². The molecule has 2 heterocycles. The topological polar surface area (TPSA) is 79.6 Å². The molecule has 2 aliphatic rings. The van der Waals surface area contributed by atoms with Crippen molar-refractivity contribution in [3.63, 3.8) is 0 Å². The Morgan fingerprint density at radius 1 is 1.19 bits per heavy atom. The zero-order chi connectivity index (χ0) is 23.3. The van der Waals surface area contributed by atoms with Gasteiger partial charge in [0.05, 0.1) is 10.1 Å². The van der Waals surface area contributed by atoms with Crippen LogP contribution in [0.15, 0.2) is 21.3 Å². The van der Waals surface area contributed by atoms with E-state index >= 15 is 0 Å². The molecule has 8 heteroatoms. The number of hydrogen-bond donors (Lipinski definition) is 1. The van der Waals surface area contributed by atoms with E-state index < -0.39 is 0 Å². The maximum atomic E-state index is 12.0. The van der Waals surface area contributed by atoms with Crippen LogP contribution >= 0.6 is 23.1 Å². The lowest BCUT2D eigenvalue weighted by molar-refractivity contribution is -0.118. The summed E-state index contributed by atoms with van der Waals surface area (Å²) in [7, 11) is 0. The third-order valence-corrected chi connectivity index (χ3v) is 8.27. The lowest BCUT2D eigenvalue weighted by Gasteiger charge is -2.28. The number of thioether (sulfide) groups is 1. The first-order chi connectivity index (χ1) is 15.3. The van der Waals surface area contributed by atoms with Crippen LogP contribution in [0.3, 0.4) is 0 Å². The lowest BCUT2D eigenvalue weighted by Crippen LogP contribution is -2.21. The van der Waals surface area contributed by atoms with Crippen LogP contribution in [0.4, 0.5) is 5.13 Å². The van der Waals surface area contributed by atoms with E-state index in [2.05, 4.69) is 43.2 Å². The number of anilines is 1.